The molecule has 0 radical (unpaired) electrons. The molecule has 2 rings (SSSR count). The van der Waals surface area contributed by atoms with Gasteiger partial charge >= 0.3 is 0 Å². The summed E-state index contributed by atoms with van der Waals surface area (Å²) in [6.45, 7) is -0.0254. The van der Waals surface area contributed by atoms with Gasteiger partial charge in [-0.05, 0) is 25.7 Å². The lowest BCUT2D eigenvalue weighted by Gasteiger charge is -2.26. The van der Waals surface area contributed by atoms with Crippen LogP contribution in [0.1, 0.15) is 11.6 Å². The van der Waals surface area contributed by atoms with Gasteiger partial charge < -0.3 is 10.2 Å². The summed E-state index contributed by atoms with van der Waals surface area (Å²) in [7, 11) is 3.73. The highest BCUT2D eigenvalue weighted by molar-refractivity contribution is 6.31. The van der Waals surface area contributed by atoms with Gasteiger partial charge in [-0.15, -0.1) is 0 Å². The average molecular weight is 379 g/mol. The number of carbonyl (C=O) groups is 1. The largest absolute Gasteiger partial charge is 0.353 e. The van der Waals surface area contributed by atoms with Crippen LogP contribution in [0.2, 0.25) is 5.02 Å². The number of hydrogen-bond donors (Lipinski definition) is 1. The minimum atomic E-state index is -0.618. The third-order valence-corrected chi connectivity index (χ3v) is 4.22. The molecule has 8 nitrogen and oxygen atoms in total. The Balaban J connectivity index is 2.08. The van der Waals surface area contributed by atoms with Crippen LogP contribution in [0.4, 0.5) is 5.69 Å². The number of benzene rings is 1. The molecule has 0 spiro atoms. The summed E-state index contributed by atoms with van der Waals surface area (Å²) < 4.78 is 1.01. The Labute approximate surface area is 155 Å². The van der Waals surface area contributed by atoms with Gasteiger partial charge in [0.1, 0.15) is 6.54 Å². The standard InChI is InChI=1S/C17H19ClN4O4/c1-20(2)15(13-5-3-4-6-14(13)18)9-19-16(23)11-21-10-12(22(25)26)7-8-17(21)24/h3-8,10,15H,9,11H2,1-2H3,(H,19,23). The normalized spacial score (nSPS) is 12.0. The highest BCUT2D eigenvalue weighted by Gasteiger charge is 2.18. The topological polar surface area (TPSA) is 97.5 Å². The first-order chi connectivity index (χ1) is 12.3. The third kappa shape index (κ3) is 4.90. The number of nitrogens with zero attached hydrogens (tertiary/aromatic N) is 3. The van der Waals surface area contributed by atoms with Crippen LogP contribution >= 0.6 is 11.6 Å². The molecule has 9 heteroatoms. The number of amides is 1. The summed E-state index contributed by atoms with van der Waals surface area (Å²) in [6.07, 6.45) is 1.05. The summed E-state index contributed by atoms with van der Waals surface area (Å²) in [5.74, 6) is -0.425. The van der Waals surface area contributed by atoms with E-state index in [1.165, 1.54) is 0 Å². The van der Waals surface area contributed by atoms with E-state index in [9.17, 15) is 19.7 Å². The SMILES string of the molecule is CN(C)C(CNC(=O)Cn1cc([N+](=O)[O-])ccc1=O)c1ccccc1Cl. The maximum absolute atomic E-state index is 12.2. The van der Waals surface area contributed by atoms with Crippen molar-refractivity contribution in [3.63, 3.8) is 0 Å². The van der Waals surface area contributed by atoms with Crippen LogP contribution in [0.25, 0.3) is 0 Å². The van der Waals surface area contributed by atoms with E-state index in [4.69, 9.17) is 11.6 Å². The maximum Gasteiger partial charge on any atom is 0.285 e. The summed E-state index contributed by atoms with van der Waals surface area (Å²) in [6, 6.07) is 9.36. The molecule has 1 N–H and O–H groups in total. The fourth-order valence-electron chi connectivity index (χ4n) is 2.49. The van der Waals surface area contributed by atoms with Crippen LogP contribution in [0.15, 0.2) is 47.4 Å². The zero-order valence-electron chi connectivity index (χ0n) is 14.4. The Bertz CT molecular complexity index is 866. The van der Waals surface area contributed by atoms with Crippen LogP contribution < -0.4 is 10.9 Å². The molecule has 0 fully saturated rings. The van der Waals surface area contributed by atoms with Gasteiger partial charge in [-0.3, -0.25) is 24.3 Å². The molecule has 1 aromatic heterocycles. The average Bonchev–Trinajstić information content (AvgIpc) is 2.58. The van der Waals surface area contributed by atoms with Crippen LogP contribution in [0.3, 0.4) is 0 Å². The molecule has 0 saturated heterocycles. The van der Waals surface area contributed by atoms with Crippen LogP contribution in [-0.2, 0) is 11.3 Å². The van der Waals surface area contributed by atoms with Gasteiger partial charge in [-0.25, -0.2) is 0 Å². The molecular weight excluding hydrogens is 360 g/mol. The van der Waals surface area contributed by atoms with E-state index in [-0.39, 0.29) is 24.8 Å². The highest BCUT2D eigenvalue weighted by Crippen LogP contribution is 2.25. The van der Waals surface area contributed by atoms with E-state index in [1.807, 2.05) is 37.2 Å². The van der Waals surface area contributed by atoms with Gasteiger partial charge in [0.25, 0.3) is 11.2 Å². The number of rotatable bonds is 7. The van der Waals surface area contributed by atoms with Crippen molar-refractivity contribution in [3.05, 3.63) is 73.6 Å². The molecule has 1 unspecified atom stereocenters. The van der Waals surface area contributed by atoms with Crippen molar-refractivity contribution in [3.8, 4) is 0 Å². The molecule has 0 aliphatic rings. The van der Waals surface area contributed by atoms with Crippen molar-refractivity contribution in [2.24, 2.45) is 0 Å². The first-order valence-electron chi connectivity index (χ1n) is 7.82. The molecule has 0 aliphatic carbocycles. The smallest absolute Gasteiger partial charge is 0.285 e. The quantitative estimate of drug-likeness (QED) is 0.585. The number of pyridine rings is 1. The number of carbonyl (C=O) groups excluding carboxylic acids is 1. The molecule has 1 atom stereocenters. The number of halogens is 1. The van der Waals surface area contributed by atoms with E-state index in [0.29, 0.717) is 5.02 Å². The lowest BCUT2D eigenvalue weighted by molar-refractivity contribution is -0.385. The summed E-state index contributed by atoms with van der Waals surface area (Å²) in [5, 5.41) is 14.1. The monoisotopic (exact) mass is 378 g/mol. The molecule has 138 valence electrons. The highest BCUT2D eigenvalue weighted by atomic mass is 35.5. The van der Waals surface area contributed by atoms with Crippen molar-refractivity contribution in [2.75, 3.05) is 20.6 Å². The van der Waals surface area contributed by atoms with E-state index in [0.717, 1.165) is 28.5 Å². The summed E-state index contributed by atoms with van der Waals surface area (Å²) in [5.41, 5.74) is 0.132. The minimum absolute atomic E-state index is 0.158. The second-order valence-electron chi connectivity index (χ2n) is 5.92. The Morgan fingerprint density at radius 1 is 1.31 bits per heavy atom. The first kappa shape index (κ1) is 19.6. The molecule has 0 aliphatic heterocycles. The molecule has 1 amide bonds. The van der Waals surface area contributed by atoms with E-state index < -0.39 is 16.4 Å². The third-order valence-electron chi connectivity index (χ3n) is 3.87. The lowest BCUT2D eigenvalue weighted by Crippen LogP contribution is -2.37. The molecule has 2 aromatic rings. The molecule has 1 heterocycles. The maximum atomic E-state index is 12.2. The van der Waals surface area contributed by atoms with E-state index >= 15 is 0 Å². The second kappa shape index (κ2) is 8.59. The Morgan fingerprint density at radius 3 is 2.62 bits per heavy atom. The van der Waals surface area contributed by atoms with Gasteiger partial charge in [0.15, 0.2) is 0 Å². The molecule has 26 heavy (non-hydrogen) atoms. The molecule has 0 bridgehead atoms. The van der Waals surface area contributed by atoms with Crippen molar-refractivity contribution in [1.82, 2.24) is 14.8 Å². The minimum Gasteiger partial charge on any atom is -0.353 e. The van der Waals surface area contributed by atoms with Gasteiger partial charge in [0.05, 0.1) is 17.2 Å². The van der Waals surface area contributed by atoms with Gasteiger partial charge in [-0.1, -0.05) is 29.8 Å². The Morgan fingerprint density at radius 2 is 2.00 bits per heavy atom. The predicted molar refractivity (Wildman–Crippen MR) is 98.2 cm³/mol. The second-order valence-corrected chi connectivity index (χ2v) is 6.32. The number of nitro groups is 1. The van der Waals surface area contributed by atoms with Crippen molar-refractivity contribution >= 4 is 23.2 Å². The van der Waals surface area contributed by atoms with E-state index in [1.54, 1.807) is 6.07 Å². The Kier molecular flexibility index (Phi) is 6.48. The molecular formula is C17H19ClN4O4. The zero-order chi connectivity index (χ0) is 19.3. The van der Waals surface area contributed by atoms with Crippen LogP contribution in [0.5, 0.6) is 0 Å². The van der Waals surface area contributed by atoms with Crippen LogP contribution in [0, 0.1) is 10.1 Å². The number of likely N-dealkylation sites (N-methyl/N-ethyl adjacent to an activating group) is 1. The van der Waals surface area contributed by atoms with E-state index in [2.05, 4.69) is 5.32 Å². The number of aromatic nitrogens is 1. The van der Waals surface area contributed by atoms with Crippen molar-refractivity contribution in [2.45, 2.75) is 12.6 Å². The summed E-state index contributed by atoms with van der Waals surface area (Å²) >= 11 is 6.23. The zero-order valence-corrected chi connectivity index (χ0v) is 15.1. The molecule has 0 saturated carbocycles. The van der Waals surface area contributed by atoms with Crippen molar-refractivity contribution in [1.29, 1.82) is 0 Å². The Hall–Kier alpha value is -2.71. The van der Waals surface area contributed by atoms with Gasteiger partial charge in [0.2, 0.25) is 5.91 Å². The van der Waals surface area contributed by atoms with Gasteiger partial charge in [-0.2, -0.15) is 0 Å². The number of hydrogen-bond acceptors (Lipinski definition) is 5. The fourth-order valence-corrected chi connectivity index (χ4v) is 2.75. The van der Waals surface area contributed by atoms with Crippen molar-refractivity contribution < 1.29 is 9.72 Å². The first-order valence-corrected chi connectivity index (χ1v) is 8.20. The predicted octanol–water partition coefficient (Wildman–Crippen LogP) is 1.83. The van der Waals surface area contributed by atoms with Gasteiger partial charge in [0, 0.05) is 23.7 Å². The fraction of sp³-hybridized carbons (Fsp3) is 0.294. The number of nitrogens with one attached hydrogen (secondary N) is 1. The van der Waals surface area contributed by atoms with Crippen LogP contribution in [-0.4, -0.2) is 40.9 Å². The lowest BCUT2D eigenvalue weighted by atomic mass is 10.1. The summed E-state index contributed by atoms with van der Waals surface area (Å²) in [4.78, 5) is 36.1. The molecule has 1 aromatic carbocycles.